The molecule has 0 N–H and O–H groups in total. The van der Waals surface area contributed by atoms with Crippen molar-refractivity contribution in [1.29, 1.82) is 0 Å². The van der Waals surface area contributed by atoms with Crippen LogP contribution in [0.15, 0.2) is 40.7 Å². The molecule has 82 valence electrons. The molecule has 0 radical (unpaired) electrons. The number of ketones is 1. The molecule has 1 saturated carbocycles. The van der Waals surface area contributed by atoms with E-state index in [0.717, 1.165) is 44.1 Å². The molecule has 0 spiro atoms. The maximum atomic E-state index is 12.3. The summed E-state index contributed by atoms with van der Waals surface area (Å²) in [5, 5.41) is 0. The summed E-state index contributed by atoms with van der Waals surface area (Å²) in [5.74, 6) is 0.680. The number of fused-ring (bicyclic) bond motifs is 1. The first-order valence-corrected chi connectivity index (χ1v) is 6.23. The fraction of sp³-hybridized carbons (Fsp3) is 0.467. The lowest BCUT2D eigenvalue weighted by Crippen LogP contribution is -2.16. The van der Waals surface area contributed by atoms with Crippen LogP contribution in [-0.4, -0.2) is 5.78 Å². The van der Waals surface area contributed by atoms with E-state index in [1.807, 2.05) is 12.2 Å². The van der Waals surface area contributed by atoms with Gasteiger partial charge in [-0.3, -0.25) is 4.79 Å². The Morgan fingerprint density at radius 2 is 1.94 bits per heavy atom. The number of carbonyl (C=O) groups is 1. The van der Waals surface area contributed by atoms with Crippen molar-refractivity contribution in [3.63, 3.8) is 0 Å². The first kappa shape index (κ1) is 9.86. The van der Waals surface area contributed by atoms with Crippen LogP contribution in [-0.2, 0) is 4.79 Å². The van der Waals surface area contributed by atoms with Gasteiger partial charge in [-0.05, 0) is 44.1 Å². The third kappa shape index (κ3) is 1.83. The molecule has 3 aliphatic rings. The normalized spacial score (nSPS) is 23.9. The number of carbonyl (C=O) groups excluding carboxylic acids is 1. The van der Waals surface area contributed by atoms with Crippen LogP contribution in [0.2, 0.25) is 0 Å². The van der Waals surface area contributed by atoms with Gasteiger partial charge in [0.05, 0.1) is 0 Å². The molecule has 0 amide bonds. The summed E-state index contributed by atoms with van der Waals surface area (Å²) in [5.41, 5.74) is 7.17. The first-order chi connectivity index (χ1) is 7.84. The zero-order valence-electron chi connectivity index (χ0n) is 9.46. The Balaban J connectivity index is 1.67. The SMILES string of the molecule is O=C(C1=CC=CCC1)C1CCC2=C=C2CC1. The van der Waals surface area contributed by atoms with Crippen molar-refractivity contribution in [2.24, 2.45) is 5.92 Å². The topological polar surface area (TPSA) is 17.1 Å². The molecule has 0 aromatic rings. The van der Waals surface area contributed by atoms with Gasteiger partial charge in [-0.25, -0.2) is 0 Å². The smallest absolute Gasteiger partial charge is 0.161 e. The van der Waals surface area contributed by atoms with Gasteiger partial charge in [-0.15, -0.1) is 5.73 Å². The minimum Gasteiger partial charge on any atom is -0.294 e. The van der Waals surface area contributed by atoms with E-state index in [2.05, 4.69) is 11.8 Å². The maximum Gasteiger partial charge on any atom is 0.161 e. The van der Waals surface area contributed by atoms with Gasteiger partial charge in [0.15, 0.2) is 5.78 Å². The van der Waals surface area contributed by atoms with Gasteiger partial charge in [0, 0.05) is 17.1 Å². The fourth-order valence-corrected chi connectivity index (χ4v) is 2.69. The van der Waals surface area contributed by atoms with Crippen molar-refractivity contribution in [1.82, 2.24) is 0 Å². The zero-order valence-corrected chi connectivity index (χ0v) is 9.46. The molecule has 16 heavy (non-hydrogen) atoms. The number of hydrogen-bond acceptors (Lipinski definition) is 1. The van der Waals surface area contributed by atoms with Gasteiger partial charge >= 0.3 is 0 Å². The Morgan fingerprint density at radius 1 is 1.19 bits per heavy atom. The molecule has 0 atom stereocenters. The highest BCUT2D eigenvalue weighted by molar-refractivity contribution is 5.97. The van der Waals surface area contributed by atoms with E-state index >= 15 is 0 Å². The van der Waals surface area contributed by atoms with Crippen molar-refractivity contribution in [3.05, 3.63) is 40.7 Å². The van der Waals surface area contributed by atoms with Crippen molar-refractivity contribution >= 4 is 5.78 Å². The van der Waals surface area contributed by atoms with E-state index in [0.29, 0.717) is 5.78 Å². The molecule has 0 bridgehead atoms. The summed E-state index contributed by atoms with van der Waals surface area (Å²) in [6.07, 6.45) is 12.4. The Bertz CT molecular complexity index is 438. The zero-order chi connectivity index (χ0) is 11.0. The average Bonchev–Trinajstić information content (AvgIpc) is 3.07. The largest absolute Gasteiger partial charge is 0.294 e. The molecular formula is C15H16O. The molecule has 0 aliphatic heterocycles. The van der Waals surface area contributed by atoms with Gasteiger partial charge in [0.2, 0.25) is 0 Å². The minimum absolute atomic E-state index is 0.271. The second-order valence-electron chi connectivity index (χ2n) is 4.88. The minimum atomic E-state index is 0.271. The summed E-state index contributed by atoms with van der Waals surface area (Å²) in [6, 6.07) is 0. The first-order valence-electron chi connectivity index (χ1n) is 6.23. The second-order valence-corrected chi connectivity index (χ2v) is 4.88. The second kappa shape index (κ2) is 3.92. The maximum absolute atomic E-state index is 12.3. The summed E-state index contributed by atoms with van der Waals surface area (Å²) in [4.78, 5) is 12.3. The van der Waals surface area contributed by atoms with Crippen LogP contribution in [0.1, 0.15) is 38.5 Å². The monoisotopic (exact) mass is 212 g/mol. The van der Waals surface area contributed by atoms with Crippen LogP contribution >= 0.6 is 0 Å². The van der Waals surface area contributed by atoms with Crippen molar-refractivity contribution in [3.8, 4) is 0 Å². The van der Waals surface area contributed by atoms with Crippen LogP contribution in [0.3, 0.4) is 0 Å². The summed E-state index contributed by atoms with van der Waals surface area (Å²) >= 11 is 0. The van der Waals surface area contributed by atoms with Crippen molar-refractivity contribution in [2.45, 2.75) is 38.5 Å². The molecule has 0 heterocycles. The van der Waals surface area contributed by atoms with Crippen molar-refractivity contribution in [2.75, 3.05) is 0 Å². The number of hydrogen-bond donors (Lipinski definition) is 0. The van der Waals surface area contributed by atoms with Crippen LogP contribution in [0.4, 0.5) is 0 Å². The third-order valence-corrected chi connectivity index (χ3v) is 3.79. The predicted molar refractivity (Wildman–Crippen MR) is 64.0 cm³/mol. The van der Waals surface area contributed by atoms with Crippen LogP contribution < -0.4 is 0 Å². The molecule has 0 aromatic heterocycles. The predicted octanol–water partition coefficient (Wildman–Crippen LogP) is 3.49. The molecular weight excluding hydrogens is 196 g/mol. The fourth-order valence-electron chi connectivity index (χ4n) is 2.69. The van der Waals surface area contributed by atoms with Gasteiger partial charge in [-0.1, -0.05) is 18.2 Å². The summed E-state index contributed by atoms with van der Waals surface area (Å²) < 4.78 is 0. The standard InChI is InChI=1S/C15H16O/c16-15(11-4-2-1-3-5-11)12-6-8-13-10-14(13)9-7-12/h1-2,4,12H,3,5-9H2. The lowest BCUT2D eigenvalue weighted by atomic mass is 9.87. The van der Waals surface area contributed by atoms with E-state index in [9.17, 15) is 4.79 Å². The van der Waals surface area contributed by atoms with Crippen LogP contribution in [0.5, 0.6) is 0 Å². The molecule has 0 saturated heterocycles. The molecule has 3 aliphatic carbocycles. The van der Waals surface area contributed by atoms with Crippen LogP contribution in [0, 0.1) is 5.92 Å². The summed E-state index contributed by atoms with van der Waals surface area (Å²) in [7, 11) is 0. The molecule has 0 unspecified atom stereocenters. The van der Waals surface area contributed by atoms with E-state index in [4.69, 9.17) is 0 Å². The van der Waals surface area contributed by atoms with Crippen LogP contribution in [0.25, 0.3) is 0 Å². The molecule has 1 heteroatoms. The van der Waals surface area contributed by atoms with Gasteiger partial charge in [0.1, 0.15) is 0 Å². The Kier molecular flexibility index (Phi) is 2.41. The van der Waals surface area contributed by atoms with E-state index in [1.165, 1.54) is 11.1 Å². The van der Waals surface area contributed by atoms with E-state index < -0.39 is 0 Å². The number of Topliss-reactive ketones (excluding diaryl/α,β-unsaturated/α-hetero) is 1. The molecule has 3 rings (SSSR count). The quantitative estimate of drug-likeness (QED) is 0.640. The number of rotatable bonds is 2. The van der Waals surface area contributed by atoms with Gasteiger partial charge in [-0.2, -0.15) is 0 Å². The average molecular weight is 212 g/mol. The lowest BCUT2D eigenvalue weighted by Gasteiger charge is -2.15. The molecule has 0 aromatic carbocycles. The highest BCUT2D eigenvalue weighted by atomic mass is 16.1. The lowest BCUT2D eigenvalue weighted by molar-refractivity contribution is -0.119. The Hall–Kier alpha value is -1.33. The highest BCUT2D eigenvalue weighted by Gasteiger charge is 2.28. The highest BCUT2D eigenvalue weighted by Crippen LogP contribution is 2.38. The number of allylic oxidation sites excluding steroid dienone is 5. The third-order valence-electron chi connectivity index (χ3n) is 3.79. The van der Waals surface area contributed by atoms with Gasteiger partial charge in [0.25, 0.3) is 0 Å². The van der Waals surface area contributed by atoms with E-state index in [-0.39, 0.29) is 5.92 Å². The van der Waals surface area contributed by atoms with Gasteiger partial charge < -0.3 is 0 Å². The molecule has 1 nitrogen and oxygen atoms in total. The molecule has 1 fully saturated rings. The van der Waals surface area contributed by atoms with Crippen molar-refractivity contribution < 1.29 is 4.79 Å². The summed E-state index contributed by atoms with van der Waals surface area (Å²) in [6.45, 7) is 0. The Morgan fingerprint density at radius 3 is 2.56 bits per heavy atom. The van der Waals surface area contributed by atoms with E-state index in [1.54, 1.807) is 0 Å². The Labute approximate surface area is 96.2 Å².